The second-order valence-corrected chi connectivity index (χ2v) is 7.27. The van der Waals surface area contributed by atoms with Gasteiger partial charge in [0, 0.05) is 18.7 Å². The highest BCUT2D eigenvalue weighted by Gasteiger charge is 2.18. The fourth-order valence-corrected chi connectivity index (χ4v) is 3.56. The van der Waals surface area contributed by atoms with E-state index in [4.69, 9.17) is 27.6 Å². The number of carbonyl (C=O) groups excluding carboxylic acids is 1. The van der Waals surface area contributed by atoms with Crippen molar-refractivity contribution in [1.82, 2.24) is 0 Å². The van der Waals surface area contributed by atoms with Crippen molar-refractivity contribution in [2.45, 2.75) is 12.8 Å². The lowest BCUT2D eigenvalue weighted by Gasteiger charge is -2.21. The smallest absolute Gasteiger partial charge is 0.291 e. The van der Waals surface area contributed by atoms with Gasteiger partial charge in [0.1, 0.15) is 5.76 Å². The SMILES string of the molecule is O=C(Nc1ccccc1N1CCCC1)c1ccc(-c2ccc(Cl)c(Cl)c2)o1. The molecule has 1 saturated heterocycles. The first kappa shape index (κ1) is 18.0. The Balaban J connectivity index is 1.54. The molecule has 4 nitrogen and oxygen atoms in total. The Morgan fingerprint density at radius 1 is 0.963 bits per heavy atom. The Kier molecular flexibility index (Phi) is 5.10. The Morgan fingerprint density at radius 2 is 1.74 bits per heavy atom. The maximum absolute atomic E-state index is 12.7. The molecule has 0 spiro atoms. The summed E-state index contributed by atoms with van der Waals surface area (Å²) in [5.74, 6) is 0.520. The molecule has 1 amide bonds. The third kappa shape index (κ3) is 3.82. The summed E-state index contributed by atoms with van der Waals surface area (Å²) in [6.45, 7) is 2.02. The number of halogens is 2. The van der Waals surface area contributed by atoms with Crippen molar-refractivity contribution in [2.24, 2.45) is 0 Å². The van der Waals surface area contributed by atoms with E-state index in [9.17, 15) is 4.79 Å². The Bertz CT molecular complexity index is 978. The van der Waals surface area contributed by atoms with Gasteiger partial charge in [-0.05, 0) is 55.3 Å². The lowest BCUT2D eigenvalue weighted by atomic mass is 10.2. The van der Waals surface area contributed by atoms with Crippen LogP contribution in [0.2, 0.25) is 10.0 Å². The fourth-order valence-electron chi connectivity index (χ4n) is 3.26. The van der Waals surface area contributed by atoms with Crippen LogP contribution in [0.15, 0.2) is 59.0 Å². The number of furan rings is 1. The molecule has 6 heteroatoms. The molecule has 0 unspecified atom stereocenters. The summed E-state index contributed by atoms with van der Waals surface area (Å²) in [6.07, 6.45) is 2.35. The van der Waals surface area contributed by atoms with Crippen LogP contribution in [0.25, 0.3) is 11.3 Å². The molecule has 4 rings (SSSR count). The fraction of sp³-hybridized carbons (Fsp3) is 0.190. The summed E-state index contributed by atoms with van der Waals surface area (Å²) < 4.78 is 5.74. The van der Waals surface area contributed by atoms with E-state index >= 15 is 0 Å². The van der Waals surface area contributed by atoms with E-state index in [1.165, 1.54) is 12.8 Å². The van der Waals surface area contributed by atoms with Gasteiger partial charge >= 0.3 is 0 Å². The van der Waals surface area contributed by atoms with Crippen molar-refractivity contribution in [3.05, 3.63) is 70.4 Å². The van der Waals surface area contributed by atoms with Crippen LogP contribution >= 0.6 is 23.2 Å². The summed E-state index contributed by atoms with van der Waals surface area (Å²) in [5.41, 5.74) is 2.59. The van der Waals surface area contributed by atoms with E-state index in [-0.39, 0.29) is 11.7 Å². The second-order valence-electron chi connectivity index (χ2n) is 6.46. The molecule has 0 aliphatic carbocycles. The standard InChI is InChI=1S/C21H18Cl2N2O2/c22-15-8-7-14(13-16(15)23)19-9-10-20(27-19)21(26)24-17-5-1-2-6-18(17)25-11-3-4-12-25/h1-2,5-10,13H,3-4,11-12H2,(H,24,26). The van der Waals surface area contributed by atoms with Crippen LogP contribution in [0.3, 0.4) is 0 Å². The molecule has 1 aromatic heterocycles. The maximum atomic E-state index is 12.7. The van der Waals surface area contributed by atoms with Crippen LogP contribution < -0.4 is 10.2 Å². The zero-order chi connectivity index (χ0) is 18.8. The number of rotatable bonds is 4. The lowest BCUT2D eigenvalue weighted by molar-refractivity contribution is 0.0997. The highest BCUT2D eigenvalue weighted by Crippen LogP contribution is 2.31. The van der Waals surface area contributed by atoms with Gasteiger partial charge in [-0.1, -0.05) is 35.3 Å². The number of benzene rings is 2. The van der Waals surface area contributed by atoms with Crippen molar-refractivity contribution in [1.29, 1.82) is 0 Å². The quantitative estimate of drug-likeness (QED) is 0.574. The maximum Gasteiger partial charge on any atom is 0.291 e. The zero-order valence-corrected chi connectivity index (χ0v) is 16.1. The van der Waals surface area contributed by atoms with Gasteiger partial charge in [-0.25, -0.2) is 0 Å². The van der Waals surface area contributed by atoms with Crippen LogP contribution in [0.5, 0.6) is 0 Å². The van der Waals surface area contributed by atoms with Crippen molar-refractivity contribution in [3.63, 3.8) is 0 Å². The monoisotopic (exact) mass is 400 g/mol. The van der Waals surface area contributed by atoms with Gasteiger partial charge in [0.05, 0.1) is 21.4 Å². The molecule has 2 heterocycles. The van der Waals surface area contributed by atoms with Gasteiger partial charge in [0.15, 0.2) is 5.76 Å². The van der Waals surface area contributed by atoms with Crippen molar-refractivity contribution in [2.75, 3.05) is 23.3 Å². The van der Waals surface area contributed by atoms with E-state index in [1.807, 2.05) is 24.3 Å². The largest absolute Gasteiger partial charge is 0.451 e. The number of nitrogens with zero attached hydrogens (tertiary/aromatic N) is 1. The van der Waals surface area contributed by atoms with E-state index in [0.717, 1.165) is 30.0 Å². The molecule has 1 aliphatic rings. The first-order valence-corrected chi connectivity index (χ1v) is 9.58. The number of hydrogen-bond donors (Lipinski definition) is 1. The Hall–Kier alpha value is -2.43. The van der Waals surface area contributed by atoms with Crippen LogP contribution in [0.4, 0.5) is 11.4 Å². The molecule has 138 valence electrons. The molecule has 1 aliphatic heterocycles. The topological polar surface area (TPSA) is 45.5 Å². The summed E-state index contributed by atoms with van der Waals surface area (Å²) in [5, 5.41) is 3.88. The average Bonchev–Trinajstić information content (AvgIpc) is 3.36. The summed E-state index contributed by atoms with van der Waals surface area (Å²) in [7, 11) is 0. The van der Waals surface area contributed by atoms with Gasteiger partial charge in [-0.2, -0.15) is 0 Å². The molecule has 0 saturated carbocycles. The predicted molar refractivity (Wildman–Crippen MR) is 110 cm³/mol. The number of anilines is 2. The van der Waals surface area contributed by atoms with Gasteiger partial charge in [0.2, 0.25) is 0 Å². The van der Waals surface area contributed by atoms with Crippen molar-refractivity contribution >= 4 is 40.5 Å². The van der Waals surface area contributed by atoms with Gasteiger partial charge in [-0.15, -0.1) is 0 Å². The minimum Gasteiger partial charge on any atom is -0.451 e. The highest BCUT2D eigenvalue weighted by molar-refractivity contribution is 6.42. The van der Waals surface area contributed by atoms with Gasteiger partial charge < -0.3 is 14.6 Å². The zero-order valence-electron chi connectivity index (χ0n) is 14.5. The number of amides is 1. The summed E-state index contributed by atoms with van der Waals surface area (Å²) in [4.78, 5) is 15.0. The number of hydrogen-bond acceptors (Lipinski definition) is 3. The summed E-state index contributed by atoms with van der Waals surface area (Å²) >= 11 is 12.0. The number of nitrogens with one attached hydrogen (secondary N) is 1. The molecule has 0 radical (unpaired) electrons. The minimum atomic E-state index is -0.284. The molecule has 1 fully saturated rings. The third-order valence-corrected chi connectivity index (χ3v) is 5.37. The van der Waals surface area contributed by atoms with Crippen molar-refractivity contribution < 1.29 is 9.21 Å². The van der Waals surface area contributed by atoms with E-state index in [0.29, 0.717) is 15.8 Å². The third-order valence-electron chi connectivity index (χ3n) is 4.63. The molecule has 27 heavy (non-hydrogen) atoms. The molecule has 2 aromatic carbocycles. The van der Waals surface area contributed by atoms with E-state index in [1.54, 1.807) is 30.3 Å². The minimum absolute atomic E-state index is 0.243. The van der Waals surface area contributed by atoms with Crippen LogP contribution in [0, 0.1) is 0 Å². The van der Waals surface area contributed by atoms with Crippen LogP contribution in [0.1, 0.15) is 23.4 Å². The lowest BCUT2D eigenvalue weighted by Crippen LogP contribution is -2.20. The predicted octanol–water partition coefficient (Wildman–Crippen LogP) is 6.11. The Labute approximate surface area is 167 Å². The van der Waals surface area contributed by atoms with E-state index in [2.05, 4.69) is 10.2 Å². The number of carbonyl (C=O) groups is 1. The van der Waals surface area contributed by atoms with Crippen LogP contribution in [-0.4, -0.2) is 19.0 Å². The molecular formula is C21H18Cl2N2O2. The van der Waals surface area contributed by atoms with Crippen LogP contribution in [-0.2, 0) is 0 Å². The average molecular weight is 401 g/mol. The van der Waals surface area contributed by atoms with Crippen molar-refractivity contribution in [3.8, 4) is 11.3 Å². The normalized spacial score (nSPS) is 13.8. The summed E-state index contributed by atoms with van der Waals surface area (Å²) in [6, 6.07) is 16.5. The van der Waals surface area contributed by atoms with E-state index < -0.39 is 0 Å². The van der Waals surface area contributed by atoms with Gasteiger partial charge in [0.25, 0.3) is 5.91 Å². The molecular weight excluding hydrogens is 383 g/mol. The molecule has 0 atom stereocenters. The first-order valence-electron chi connectivity index (χ1n) is 8.82. The second kappa shape index (κ2) is 7.67. The highest BCUT2D eigenvalue weighted by atomic mass is 35.5. The molecule has 3 aromatic rings. The number of para-hydroxylation sites is 2. The Morgan fingerprint density at radius 3 is 2.52 bits per heavy atom. The molecule has 1 N–H and O–H groups in total. The van der Waals surface area contributed by atoms with Gasteiger partial charge in [-0.3, -0.25) is 4.79 Å². The molecule has 0 bridgehead atoms. The first-order chi connectivity index (χ1) is 13.1.